The number of rotatable bonds is 3. The van der Waals surface area contributed by atoms with Crippen LogP contribution >= 0.6 is 15.9 Å². The Bertz CT molecular complexity index is 819. The monoisotopic (exact) mass is 384 g/mol. The van der Waals surface area contributed by atoms with Crippen molar-refractivity contribution < 1.29 is 0 Å². The molecule has 7 heteroatoms. The quantitative estimate of drug-likeness (QED) is 0.748. The number of H-pyrrole nitrogens is 1. The summed E-state index contributed by atoms with van der Waals surface area (Å²) < 4.78 is 0.945. The Kier molecular flexibility index (Phi) is 4.25. The van der Waals surface area contributed by atoms with E-state index in [1.807, 2.05) is 36.4 Å². The second kappa shape index (κ2) is 6.68. The van der Waals surface area contributed by atoms with Gasteiger partial charge in [0.05, 0.1) is 6.20 Å². The minimum absolute atomic E-state index is 0.324. The van der Waals surface area contributed by atoms with Crippen LogP contribution in [0.25, 0.3) is 11.4 Å². The van der Waals surface area contributed by atoms with E-state index in [0.29, 0.717) is 5.92 Å². The van der Waals surface area contributed by atoms with Gasteiger partial charge in [0.15, 0.2) is 11.6 Å². The summed E-state index contributed by atoms with van der Waals surface area (Å²) in [5, 5.41) is 15.8. The van der Waals surface area contributed by atoms with Crippen LogP contribution in [-0.4, -0.2) is 38.5 Å². The molecule has 0 aliphatic carbocycles. The zero-order valence-corrected chi connectivity index (χ0v) is 14.6. The first-order valence-electron chi connectivity index (χ1n) is 8.00. The van der Waals surface area contributed by atoms with Crippen LogP contribution < -0.4 is 4.90 Å². The predicted molar refractivity (Wildman–Crippen MR) is 95.7 cm³/mol. The van der Waals surface area contributed by atoms with E-state index in [4.69, 9.17) is 4.98 Å². The number of nitrogens with zero attached hydrogens (tertiary/aromatic N) is 5. The molecule has 0 spiro atoms. The lowest BCUT2D eigenvalue weighted by molar-refractivity contribution is 0.488. The third-order valence-corrected chi connectivity index (χ3v) is 4.71. The lowest BCUT2D eigenvalue weighted by atomic mass is 9.97. The highest BCUT2D eigenvalue weighted by molar-refractivity contribution is 9.10. The number of piperidine rings is 1. The van der Waals surface area contributed by atoms with Gasteiger partial charge in [0, 0.05) is 29.0 Å². The first-order chi connectivity index (χ1) is 11.8. The molecule has 4 rings (SSSR count). The topological polar surface area (TPSA) is 70.6 Å². The first-order valence-corrected chi connectivity index (χ1v) is 8.80. The summed E-state index contributed by atoms with van der Waals surface area (Å²) in [5.41, 5.74) is 1.03. The molecule has 1 fully saturated rings. The van der Waals surface area contributed by atoms with Crippen LogP contribution in [0.1, 0.15) is 24.6 Å². The lowest BCUT2D eigenvalue weighted by Crippen LogP contribution is -2.35. The SMILES string of the molecule is Brc1cnnc(N2CCCC(c3nc(-c4ccccc4)n[nH]3)C2)c1. The van der Waals surface area contributed by atoms with Gasteiger partial charge in [0.1, 0.15) is 5.82 Å². The molecule has 0 bridgehead atoms. The predicted octanol–water partition coefficient (Wildman–Crippen LogP) is 3.41. The maximum Gasteiger partial charge on any atom is 0.181 e. The molecule has 1 atom stereocenters. The molecule has 0 amide bonds. The van der Waals surface area contributed by atoms with Crippen LogP contribution in [-0.2, 0) is 0 Å². The maximum absolute atomic E-state index is 4.71. The van der Waals surface area contributed by atoms with E-state index >= 15 is 0 Å². The fourth-order valence-electron chi connectivity index (χ4n) is 3.07. The smallest absolute Gasteiger partial charge is 0.181 e. The summed E-state index contributed by atoms with van der Waals surface area (Å²) in [6, 6.07) is 12.0. The Morgan fingerprint density at radius 1 is 1.21 bits per heavy atom. The molecule has 0 radical (unpaired) electrons. The molecule has 0 saturated carbocycles. The first kappa shape index (κ1) is 15.3. The van der Waals surface area contributed by atoms with Gasteiger partial charge in [-0.25, -0.2) is 4.98 Å². The molecular formula is C17H17BrN6. The van der Waals surface area contributed by atoms with Crippen LogP contribution in [0, 0.1) is 0 Å². The molecule has 1 aromatic carbocycles. The highest BCUT2D eigenvalue weighted by atomic mass is 79.9. The van der Waals surface area contributed by atoms with Crippen LogP contribution in [0.15, 0.2) is 47.1 Å². The number of halogens is 1. The van der Waals surface area contributed by atoms with E-state index in [9.17, 15) is 0 Å². The molecule has 1 N–H and O–H groups in total. The summed E-state index contributed by atoms with van der Waals surface area (Å²) in [4.78, 5) is 6.97. The third kappa shape index (κ3) is 3.17. The van der Waals surface area contributed by atoms with E-state index in [2.05, 4.69) is 41.2 Å². The van der Waals surface area contributed by atoms with Gasteiger partial charge in [0.25, 0.3) is 0 Å². The second-order valence-corrected chi connectivity index (χ2v) is 6.84. The molecular weight excluding hydrogens is 368 g/mol. The average molecular weight is 385 g/mol. The zero-order valence-electron chi connectivity index (χ0n) is 13.1. The van der Waals surface area contributed by atoms with Gasteiger partial charge in [-0.2, -0.15) is 10.2 Å². The van der Waals surface area contributed by atoms with E-state index in [1.165, 1.54) is 0 Å². The molecule has 24 heavy (non-hydrogen) atoms. The number of anilines is 1. The molecule has 3 heterocycles. The van der Waals surface area contributed by atoms with Crippen molar-refractivity contribution in [2.24, 2.45) is 0 Å². The van der Waals surface area contributed by atoms with Crippen LogP contribution in [0.4, 0.5) is 5.82 Å². The fraction of sp³-hybridized carbons (Fsp3) is 0.294. The minimum atomic E-state index is 0.324. The van der Waals surface area contributed by atoms with Gasteiger partial charge < -0.3 is 4.90 Å². The Morgan fingerprint density at radius 3 is 2.92 bits per heavy atom. The minimum Gasteiger partial charge on any atom is -0.354 e. The van der Waals surface area contributed by atoms with E-state index in [-0.39, 0.29) is 0 Å². The van der Waals surface area contributed by atoms with Gasteiger partial charge in [-0.05, 0) is 34.8 Å². The van der Waals surface area contributed by atoms with Gasteiger partial charge in [-0.3, -0.25) is 5.10 Å². The van der Waals surface area contributed by atoms with Gasteiger partial charge in [-0.15, -0.1) is 5.10 Å². The van der Waals surface area contributed by atoms with Crippen molar-refractivity contribution in [2.75, 3.05) is 18.0 Å². The summed E-state index contributed by atoms with van der Waals surface area (Å²) in [7, 11) is 0. The number of benzene rings is 1. The third-order valence-electron chi connectivity index (χ3n) is 4.28. The summed E-state index contributed by atoms with van der Waals surface area (Å²) in [6.07, 6.45) is 3.90. The van der Waals surface area contributed by atoms with E-state index in [1.54, 1.807) is 6.20 Å². The van der Waals surface area contributed by atoms with Crippen molar-refractivity contribution in [1.82, 2.24) is 25.4 Å². The van der Waals surface area contributed by atoms with Gasteiger partial charge in [-0.1, -0.05) is 30.3 Å². The molecule has 2 aromatic heterocycles. The van der Waals surface area contributed by atoms with Crippen molar-refractivity contribution in [3.63, 3.8) is 0 Å². The Balaban J connectivity index is 1.53. The van der Waals surface area contributed by atoms with Gasteiger partial charge in [0.2, 0.25) is 0 Å². The Morgan fingerprint density at radius 2 is 2.08 bits per heavy atom. The standard InChI is InChI=1S/C17H17BrN6/c18-14-9-15(21-19-10-14)24-8-4-7-13(11-24)17-20-16(22-23-17)12-5-2-1-3-6-12/h1-3,5-6,9-10,13H,4,7-8,11H2,(H,20,22,23). The zero-order chi connectivity index (χ0) is 16.4. The van der Waals surface area contributed by atoms with Crippen molar-refractivity contribution in [1.29, 1.82) is 0 Å². The number of aromatic nitrogens is 5. The lowest BCUT2D eigenvalue weighted by Gasteiger charge is -2.32. The maximum atomic E-state index is 4.71. The van der Waals surface area contributed by atoms with E-state index in [0.717, 1.165) is 53.4 Å². The number of hydrogen-bond acceptors (Lipinski definition) is 5. The molecule has 3 aromatic rings. The summed E-state index contributed by atoms with van der Waals surface area (Å²) in [5.74, 6) is 2.92. The highest BCUT2D eigenvalue weighted by Crippen LogP contribution is 2.29. The van der Waals surface area contributed by atoms with Crippen molar-refractivity contribution in [2.45, 2.75) is 18.8 Å². The average Bonchev–Trinajstić information content (AvgIpc) is 3.13. The normalized spacial score (nSPS) is 17.9. The van der Waals surface area contributed by atoms with Crippen molar-refractivity contribution in [3.05, 3.63) is 52.9 Å². The Hall–Kier alpha value is -2.28. The largest absolute Gasteiger partial charge is 0.354 e. The highest BCUT2D eigenvalue weighted by Gasteiger charge is 2.25. The fourth-order valence-corrected chi connectivity index (χ4v) is 3.37. The van der Waals surface area contributed by atoms with Crippen LogP contribution in [0.3, 0.4) is 0 Å². The number of nitrogens with one attached hydrogen (secondary N) is 1. The van der Waals surface area contributed by atoms with Crippen LogP contribution in [0.2, 0.25) is 0 Å². The molecule has 1 aliphatic rings. The number of aromatic amines is 1. The molecule has 1 aliphatic heterocycles. The molecule has 122 valence electrons. The van der Waals surface area contributed by atoms with Gasteiger partial charge >= 0.3 is 0 Å². The number of hydrogen-bond donors (Lipinski definition) is 1. The van der Waals surface area contributed by atoms with Crippen molar-refractivity contribution in [3.8, 4) is 11.4 Å². The van der Waals surface area contributed by atoms with E-state index < -0.39 is 0 Å². The molecule has 6 nitrogen and oxygen atoms in total. The molecule has 1 unspecified atom stereocenters. The van der Waals surface area contributed by atoms with Crippen molar-refractivity contribution >= 4 is 21.7 Å². The second-order valence-electron chi connectivity index (χ2n) is 5.93. The van der Waals surface area contributed by atoms with Crippen LogP contribution in [0.5, 0.6) is 0 Å². The summed E-state index contributed by atoms with van der Waals surface area (Å²) >= 11 is 3.46. The summed E-state index contributed by atoms with van der Waals surface area (Å²) in [6.45, 7) is 1.86. The molecule has 1 saturated heterocycles. The Labute approximate surface area is 148 Å².